The van der Waals surface area contributed by atoms with Gasteiger partial charge in [-0.05, 0) is 247 Å². The van der Waals surface area contributed by atoms with E-state index in [2.05, 4.69) is 303 Å². The van der Waals surface area contributed by atoms with Crippen molar-refractivity contribution < 1.29 is 183 Å². The van der Waals surface area contributed by atoms with Crippen molar-refractivity contribution in [1.82, 2.24) is 10.5 Å². The Kier molecular flexibility index (Phi) is 53.5. The van der Waals surface area contributed by atoms with Crippen LogP contribution in [0.25, 0.3) is 0 Å². The largest absolute Gasteiger partial charge is 0.481 e. The normalized spacial score (nSPS) is 23.1. The van der Waals surface area contributed by atoms with Crippen LogP contribution in [0.15, 0.2) is 23.3 Å². The van der Waals surface area contributed by atoms with E-state index < -0.39 is 115 Å². The zero-order valence-electron chi connectivity index (χ0n) is 63.8. The number of piperidine rings is 1. The first-order valence-corrected chi connectivity index (χ1v) is 34.1. The Morgan fingerprint density at radius 3 is 1.41 bits per heavy atom. The zero-order valence-corrected chi connectivity index (χ0v) is 63.8. The number of methoxy groups -OCH3 is 3. The summed E-state index contributed by atoms with van der Waals surface area (Å²) in [6.07, 6.45) is 5.60. The summed E-state index contributed by atoms with van der Waals surface area (Å²) in [7, 11) is 4.49. The fourth-order valence-corrected chi connectivity index (χ4v) is 10.8. The Bertz CT molecular complexity index is 5010. The summed E-state index contributed by atoms with van der Waals surface area (Å²) < 4.78 is 29.5. The second-order valence-electron chi connectivity index (χ2n) is 23.6. The minimum atomic E-state index is -2.56. The number of fused-ring (bicyclic) bond motifs is 3. The van der Waals surface area contributed by atoms with Gasteiger partial charge in [0.05, 0.1) is 36.9 Å². The maximum Gasteiger partial charge on any atom is 0.329 e. The number of aliphatic carboxylic acids is 1. The number of hydrogen-bond acceptors (Lipinski definition) is 28. The highest BCUT2D eigenvalue weighted by molar-refractivity contribution is 6.39. The number of rotatable bonds is 19. The van der Waals surface area contributed by atoms with Gasteiger partial charge < -0.3 is 49.0 Å². The number of amides is 1. The number of carboxylic acids is 1. The molecule has 4 aliphatic rings. The van der Waals surface area contributed by atoms with Crippen molar-refractivity contribution in [2.75, 3.05) is 27.9 Å². The minimum Gasteiger partial charge on any atom is -0.481 e. The monoisotopic (exact) mass is 1640 g/mol. The number of Topliss-reactive ketones (excluding diaryl/α,β-unsaturated/α-hetero) is 2. The first-order valence-electron chi connectivity index (χ1n) is 34.1. The van der Waals surface area contributed by atoms with Crippen LogP contribution in [0.5, 0.6) is 0 Å². The number of carbonyl (C=O) groups excluding carboxylic acids is 4. The molecule has 3 heterocycles. The van der Waals surface area contributed by atoms with Crippen molar-refractivity contribution in [3.05, 3.63) is 23.3 Å². The van der Waals surface area contributed by atoms with Crippen molar-refractivity contribution in [2.45, 2.75) is 167 Å². The number of aliphatic hydroxyl groups excluding tert-OH is 2. The van der Waals surface area contributed by atoms with Gasteiger partial charge in [-0.1, -0.05) is 54.4 Å². The molecule has 0 aromatic heterocycles. The summed E-state index contributed by atoms with van der Waals surface area (Å²) in [5, 5.41) is 91.6. The van der Waals surface area contributed by atoms with Gasteiger partial charge in [0.2, 0.25) is 5.79 Å². The molecule has 658 valence electrons. The van der Waals surface area contributed by atoms with Gasteiger partial charge in [-0.15, -0.1) is 6.42 Å². The van der Waals surface area contributed by atoms with Crippen LogP contribution in [-0.2, 0) is 108 Å². The van der Waals surface area contributed by atoms with E-state index in [1.165, 1.54) is 27.0 Å². The molecule has 0 spiro atoms. The summed E-state index contributed by atoms with van der Waals surface area (Å²) in [4.78, 5) is 77.0. The van der Waals surface area contributed by atoms with Gasteiger partial charge in [0.25, 0.3) is 11.7 Å². The van der Waals surface area contributed by atoms with Gasteiger partial charge in [0, 0.05) is 238 Å². The Balaban J connectivity index is -0.0000000499. The molecule has 30 heteroatoms. The van der Waals surface area contributed by atoms with Gasteiger partial charge in [0.15, 0.2) is 0 Å². The van der Waals surface area contributed by atoms with Crippen molar-refractivity contribution in [1.29, 1.82) is 0 Å². The molecule has 0 aromatic rings. The summed E-state index contributed by atoms with van der Waals surface area (Å²) in [6, 6.07) is -1.20. The van der Waals surface area contributed by atoms with Crippen molar-refractivity contribution in [3.63, 3.8) is 0 Å². The average Bonchev–Trinajstić information content (AvgIpc) is 0.848. The summed E-state index contributed by atoms with van der Waals surface area (Å²) in [6.45, 7) is 10.5. The topological polar surface area (TPSA) is 379 Å². The lowest BCUT2D eigenvalue weighted by Crippen LogP contribution is -2.64. The fourth-order valence-electron chi connectivity index (χ4n) is 10.8. The SMILES string of the molecule is C#CC#CC#CC#CC#CC#CC#CC#CC#CC#CC#CC#CC#CC#CC#CC#CC#CC#CC#CC#CC#CC.CO[C@H]1C[C@@H](C)C/C(C)=C/[C@@H](CC(=O)O)C(=O)C[C@H](O)[C@@H](C)[C@@H](/C(C)=C/[C@@H]2CC[C@@H](O)[C@H](OC)C2)OC(=O)[C@@H]2CCCCN2C(=O)C(=O)[C@]2(O)O[C@H]1[C@@H](OC)C[C@H]2C.OOOOOOONOOOOOOO.[HH].[HH].[HH].[HH].[HH].[HH].[HH].[HH].[HH].[HH].[HH].[HH].[HH].[HH].[HH].[HH].[HH].[HH].[HH].[HH].[HH].[HH].[HH].[HH].[HH].[HH].[HH].[HH].[HH].[HH].[HH]. The second-order valence-corrected chi connectivity index (χ2v) is 23.6. The number of nitrogens with zero attached hydrogens (tertiary/aromatic N) is 1. The molecule has 3 aliphatic heterocycles. The smallest absolute Gasteiger partial charge is 0.329 e. The number of cyclic esters (lactones) is 1. The molecular weight excluding hydrogens is 1510 g/mol. The third-order valence-electron chi connectivity index (χ3n) is 15.8. The van der Waals surface area contributed by atoms with Crippen LogP contribution in [0.1, 0.15) is 156 Å². The van der Waals surface area contributed by atoms with Gasteiger partial charge in [0.1, 0.15) is 24.0 Å². The molecule has 0 aromatic carbocycles. The van der Waals surface area contributed by atoms with Crippen LogP contribution in [-0.4, -0.2) is 148 Å². The second kappa shape index (κ2) is 62.6. The van der Waals surface area contributed by atoms with E-state index in [4.69, 9.17) is 40.6 Å². The number of nitrogens with one attached hydrogen (secondary N) is 1. The van der Waals surface area contributed by atoms with Crippen LogP contribution >= 0.6 is 0 Å². The van der Waals surface area contributed by atoms with E-state index in [-0.39, 0.29) is 75.4 Å². The molecule has 30 nitrogen and oxygen atoms in total. The first-order chi connectivity index (χ1) is 56.2. The Morgan fingerprint density at radius 2 is 1.00 bits per heavy atom. The van der Waals surface area contributed by atoms with Crippen LogP contribution in [0.3, 0.4) is 0 Å². The molecule has 1 saturated carbocycles. The third kappa shape index (κ3) is 42.7. The maximum absolute atomic E-state index is 14.3. The molecule has 1 aliphatic carbocycles. The highest BCUT2D eigenvalue weighted by atomic mass is 17.9. The minimum absolute atomic E-state index is 0. The number of hydrogen-bond donors (Lipinski definition) is 7. The molecule has 7 N–H and O–H groups in total. The lowest BCUT2D eigenvalue weighted by atomic mass is 9.81. The molecule has 3 fully saturated rings. The van der Waals surface area contributed by atoms with E-state index in [1.54, 1.807) is 40.7 Å². The molecule has 1 amide bonds. The number of carbonyl (C=O) groups is 5. The summed E-state index contributed by atoms with van der Waals surface area (Å²) in [5.74, 6) is 91.6. The first kappa shape index (κ1) is 99.2. The van der Waals surface area contributed by atoms with E-state index in [0.717, 1.165) is 10.5 Å². The predicted molar refractivity (Wildman–Crippen MR) is 467 cm³/mol. The van der Waals surface area contributed by atoms with Gasteiger partial charge in [-0.2, -0.15) is 0 Å². The van der Waals surface area contributed by atoms with Crippen molar-refractivity contribution in [2.24, 2.45) is 29.6 Å². The van der Waals surface area contributed by atoms with Crippen LogP contribution in [0.2, 0.25) is 0 Å². The number of ether oxygens (including phenoxy) is 5. The Hall–Kier alpha value is -12.9. The number of allylic oxidation sites excluding steroid dienone is 3. The molecule has 4 rings (SSSR count). The number of ketones is 2. The van der Waals surface area contributed by atoms with Crippen LogP contribution in [0, 0.1) is 279 Å². The molecule has 2 saturated heterocycles. The number of esters is 1. The van der Waals surface area contributed by atoms with Gasteiger partial charge in [-0.25, -0.2) is 15.3 Å². The maximum atomic E-state index is 14.3. The summed E-state index contributed by atoms with van der Waals surface area (Å²) in [5.41, 5.74) is 2.68. The highest BCUT2D eigenvalue weighted by Gasteiger charge is 2.57. The molecule has 0 radical (unpaired) electrons. The molecule has 116 heavy (non-hydrogen) atoms. The standard InChI is InChI=1S/C43H67NO14.C43H4.H3NO14.31H2/c1-23-15-24(2)17-35(55-7)39-36(56-8)19-26(4)43(53,58-39)40(50)41(51)44-14-10-9-11-30(44)42(52)57-38(25(3)18-28-12-13-31(45)34(20-28)54-6)27(5)32(46)22-33(47)29(16-23)21-37(48)49;1-3-5-7-9-11-13-15-17-19-21-23-25-27-29-31-33-35-37-39-41-43-42-40-38-36-34-32-30-28-26-24-22-20-18-16-14-12-10-8-6-4-2;2-6-10-14-12-8-4-1-5-9-13-15-11-7-3;;;;;;;;;;;;;;;;;;;;;;;;;;;;;;;/h16,18,24,26-32,34-36,38-39,45-46,53H,9-15,17,19-22H2,1-8H3,(H,48,49);1H,2H3;1-3H;31*1H/b23-16+,25-18+;;;;;;;;;;;;;;;;;;;;;;;;;;;;;;;;;/t24-,26+,27+,28-,29-,30-,31+,32-,34+,35-,36-,38+,39+,43+;;;;;;;;;;;;;;;;;;;;;;;;;;;;;;;;;/m0................................./s1. The van der Waals surface area contributed by atoms with Crippen LogP contribution in [0.4, 0.5) is 0 Å². The van der Waals surface area contributed by atoms with E-state index >= 15 is 0 Å². The molecule has 0 unspecified atom stereocenters. The molecule has 14 atom stereocenters. The van der Waals surface area contributed by atoms with Gasteiger partial charge in [-0.3, -0.25) is 19.2 Å². The zero-order chi connectivity index (χ0) is 85.2. The third-order valence-corrected chi connectivity index (χ3v) is 15.8. The summed E-state index contributed by atoms with van der Waals surface area (Å²) >= 11 is 0. The number of aliphatic hydroxyl groups is 3. The predicted octanol–water partition coefficient (Wildman–Crippen LogP) is 10.6. The fraction of sp³-hybridized carbons (Fsp3) is 0.407. The van der Waals surface area contributed by atoms with Gasteiger partial charge >= 0.3 is 11.9 Å². The van der Waals surface area contributed by atoms with Crippen LogP contribution < -0.4 is 5.64 Å². The lowest BCUT2D eigenvalue weighted by Gasteiger charge is -2.47. The van der Waals surface area contributed by atoms with Crippen molar-refractivity contribution >= 4 is 29.4 Å². The van der Waals surface area contributed by atoms with Crippen molar-refractivity contribution in [3.8, 4) is 249 Å². The highest BCUT2D eigenvalue weighted by Crippen LogP contribution is 2.39. The number of terminal acetylenes is 1. The average molecular weight is 1650 g/mol. The Labute approximate surface area is 718 Å². The lowest BCUT2D eigenvalue weighted by molar-refractivity contribution is -0.816. The molecular formula is C86H136N2O28. The van der Waals surface area contributed by atoms with E-state index in [0.29, 0.717) is 50.5 Å². The quantitative estimate of drug-likeness (QED) is 0.0120. The van der Waals surface area contributed by atoms with E-state index in [9.17, 15) is 44.4 Å². The number of carboxylic acid groups (broad SMARTS) is 1. The van der Waals surface area contributed by atoms with E-state index in [1.807, 2.05) is 13.0 Å². The molecule has 2 bridgehead atoms. The Morgan fingerprint density at radius 1 is 0.578 bits per heavy atom.